The number of carbonyl (C=O) groups is 6. The average molecular weight is 902 g/mol. The van der Waals surface area contributed by atoms with Crippen LogP contribution >= 0.6 is 0 Å². The Morgan fingerprint density at radius 3 is 1.86 bits per heavy atom. The number of halogens is 1. The van der Waals surface area contributed by atoms with Gasteiger partial charge in [0.25, 0.3) is 0 Å². The van der Waals surface area contributed by atoms with Crippen molar-refractivity contribution in [2.24, 2.45) is 17.6 Å². The number of ether oxygens (including phenoxy) is 2. The van der Waals surface area contributed by atoms with Crippen LogP contribution in [-0.2, 0) is 28.7 Å². The molecular weight excluding hydrogens is 838 g/mol. The summed E-state index contributed by atoms with van der Waals surface area (Å²) in [5, 5.41) is 11.2. The third-order valence-corrected chi connectivity index (χ3v) is 13.0. The monoisotopic (exact) mass is 901 g/mol. The number of likely N-dealkylation sites (tertiary alicyclic amines) is 2. The third kappa shape index (κ3) is 10.7. The number of alkyl carbamates (subject to hydrolysis) is 2. The Morgan fingerprint density at radius 2 is 1.34 bits per heavy atom. The molecule has 0 bridgehead atoms. The van der Waals surface area contributed by atoms with E-state index in [-0.39, 0.29) is 47.5 Å². The molecule has 65 heavy (non-hydrogen) atoms. The van der Waals surface area contributed by atoms with E-state index < -0.39 is 54.3 Å². The van der Waals surface area contributed by atoms with E-state index in [4.69, 9.17) is 20.9 Å². The molecule has 0 saturated carbocycles. The Hall–Kier alpha value is -6.17. The molecule has 18 heteroatoms. The number of aryl methyl sites for hydroxylation is 1. The standard InChI is InChI=1S/C47H64FN9O8/c1-25(2)40(53-46(62)64-6)44(60)55-20-8-10-38(55)42(58)51-34-16-13-28(22-32(34)49)36-18-19-37(57(36)30-15-12-27(5)31(48)24-30)29-14-17-35(33(50)23-29)52-43(59)39-11-9-21-56(39)45(61)41(26(3)4)54-47(63)65-7/h12-17,22-26,32,34,36-41H,8-11,18-21,49-50H2,1-7H3,(H,51,58)(H,52,59)(H,53,62)(H,54,63)/t32?,34?,36-,37-,38+,39+,40+,41+/m1/s1. The first-order chi connectivity index (χ1) is 30.9. The summed E-state index contributed by atoms with van der Waals surface area (Å²) >= 11 is 0. The fourth-order valence-corrected chi connectivity index (χ4v) is 9.40. The van der Waals surface area contributed by atoms with Crippen molar-refractivity contribution in [3.8, 4) is 0 Å². The number of anilines is 3. The fourth-order valence-electron chi connectivity index (χ4n) is 9.40. The maximum absolute atomic E-state index is 15.3. The first-order valence-corrected chi connectivity index (χ1v) is 22.4. The highest BCUT2D eigenvalue weighted by atomic mass is 19.1. The van der Waals surface area contributed by atoms with Crippen LogP contribution in [0.15, 0.2) is 60.2 Å². The molecule has 17 nitrogen and oxygen atoms in total. The number of nitrogens with two attached hydrogens (primary N) is 2. The van der Waals surface area contributed by atoms with E-state index in [1.165, 1.54) is 30.1 Å². The van der Waals surface area contributed by atoms with Crippen LogP contribution in [-0.4, -0.2) is 115 Å². The molecular formula is C47H64FN9O8. The molecule has 1 aliphatic carbocycles. The molecule has 3 fully saturated rings. The molecule has 2 aromatic carbocycles. The second-order valence-corrected chi connectivity index (χ2v) is 18.0. The SMILES string of the molecule is COC(=O)N[C@H](C(=O)N1CCC[C@H]1C(=O)Nc1ccc([C@H]2CC[C@H](C3=CC(N)C(NC(=O)[C@@H]4CCCN4C(=O)[C@@H](NC(=O)OC)C(C)C)C=C3)N2c2ccc(C)c(F)c2)cc1N)C(C)C. The smallest absolute Gasteiger partial charge is 0.407 e. The molecule has 0 spiro atoms. The molecule has 352 valence electrons. The molecule has 6 amide bonds. The number of hydrogen-bond donors (Lipinski definition) is 6. The molecule has 3 saturated heterocycles. The number of benzene rings is 2. The molecule has 3 aliphatic heterocycles. The topological polar surface area (TPSA) is 231 Å². The third-order valence-electron chi connectivity index (χ3n) is 13.0. The first kappa shape index (κ1) is 48.3. The zero-order valence-corrected chi connectivity index (χ0v) is 38.3. The second kappa shape index (κ2) is 20.8. The van der Waals surface area contributed by atoms with E-state index in [1.807, 2.05) is 44.2 Å². The summed E-state index contributed by atoms with van der Waals surface area (Å²) < 4.78 is 24.7. The average Bonchev–Trinajstić information content (AvgIpc) is 4.07. The van der Waals surface area contributed by atoms with E-state index in [1.54, 1.807) is 39.0 Å². The van der Waals surface area contributed by atoms with Gasteiger partial charge >= 0.3 is 12.2 Å². The van der Waals surface area contributed by atoms with Gasteiger partial charge < -0.3 is 56.9 Å². The number of methoxy groups -OCH3 is 2. The van der Waals surface area contributed by atoms with Gasteiger partial charge in [0.2, 0.25) is 23.6 Å². The Morgan fingerprint density at radius 1 is 0.769 bits per heavy atom. The van der Waals surface area contributed by atoms with Crippen molar-refractivity contribution in [2.75, 3.05) is 43.3 Å². The predicted molar refractivity (Wildman–Crippen MR) is 244 cm³/mol. The fraction of sp³-hybridized carbons (Fsp3) is 0.532. The molecule has 2 aromatic rings. The van der Waals surface area contributed by atoms with Crippen molar-refractivity contribution >= 4 is 52.9 Å². The lowest BCUT2D eigenvalue weighted by atomic mass is 9.92. The maximum atomic E-state index is 15.3. The van der Waals surface area contributed by atoms with E-state index in [2.05, 4.69) is 26.2 Å². The van der Waals surface area contributed by atoms with Gasteiger partial charge in [-0.25, -0.2) is 14.0 Å². The van der Waals surface area contributed by atoms with Gasteiger partial charge in [-0.05, 0) is 98.2 Å². The van der Waals surface area contributed by atoms with Crippen LogP contribution < -0.4 is 37.6 Å². The number of nitrogen functional groups attached to an aromatic ring is 1. The zero-order valence-electron chi connectivity index (χ0n) is 38.3. The van der Waals surface area contributed by atoms with Crippen LogP contribution in [0.5, 0.6) is 0 Å². The van der Waals surface area contributed by atoms with Gasteiger partial charge in [0.1, 0.15) is 30.0 Å². The zero-order chi connectivity index (χ0) is 47.3. The van der Waals surface area contributed by atoms with Crippen molar-refractivity contribution < 1.29 is 42.6 Å². The Labute approximate surface area is 379 Å². The van der Waals surface area contributed by atoms with E-state index >= 15 is 4.39 Å². The highest BCUT2D eigenvalue weighted by Crippen LogP contribution is 2.44. The summed E-state index contributed by atoms with van der Waals surface area (Å²) in [7, 11) is 2.45. The highest BCUT2D eigenvalue weighted by molar-refractivity contribution is 6.00. The van der Waals surface area contributed by atoms with Crippen molar-refractivity contribution in [3.05, 3.63) is 77.1 Å². The minimum absolute atomic E-state index is 0.228. The second-order valence-electron chi connectivity index (χ2n) is 18.0. The van der Waals surface area contributed by atoms with Gasteiger partial charge in [-0.1, -0.05) is 58.1 Å². The van der Waals surface area contributed by atoms with Crippen LogP contribution in [0.25, 0.3) is 0 Å². The van der Waals surface area contributed by atoms with Gasteiger partial charge in [0.15, 0.2) is 0 Å². The van der Waals surface area contributed by atoms with Crippen LogP contribution in [0.2, 0.25) is 0 Å². The molecule has 8 N–H and O–H groups in total. The summed E-state index contributed by atoms with van der Waals surface area (Å²) in [5.41, 5.74) is 17.0. The molecule has 0 radical (unpaired) electrons. The van der Waals surface area contributed by atoms with Gasteiger partial charge in [-0.3, -0.25) is 19.2 Å². The Bertz CT molecular complexity index is 2200. The summed E-state index contributed by atoms with van der Waals surface area (Å²) in [6.45, 7) is 9.68. The van der Waals surface area contributed by atoms with Gasteiger partial charge in [0.05, 0.1) is 43.7 Å². The summed E-state index contributed by atoms with van der Waals surface area (Å²) in [4.78, 5) is 83.8. The molecule has 2 unspecified atom stereocenters. The number of nitrogens with one attached hydrogen (secondary N) is 4. The Balaban J connectivity index is 1.17. The quantitative estimate of drug-likeness (QED) is 0.154. The van der Waals surface area contributed by atoms with Gasteiger partial charge in [-0.15, -0.1) is 0 Å². The molecule has 6 rings (SSSR count). The largest absolute Gasteiger partial charge is 0.453 e. The number of rotatable bonds is 13. The number of amides is 6. The van der Waals surface area contributed by atoms with E-state index in [0.29, 0.717) is 74.2 Å². The van der Waals surface area contributed by atoms with E-state index in [0.717, 1.165) is 11.1 Å². The van der Waals surface area contributed by atoms with Crippen LogP contribution in [0.1, 0.15) is 83.4 Å². The van der Waals surface area contributed by atoms with Crippen LogP contribution in [0, 0.1) is 24.6 Å². The molecule has 0 aromatic heterocycles. The van der Waals surface area contributed by atoms with Gasteiger partial charge in [-0.2, -0.15) is 0 Å². The highest BCUT2D eigenvalue weighted by Gasteiger charge is 2.42. The normalized spacial score (nSPS) is 23.8. The van der Waals surface area contributed by atoms with Crippen molar-refractivity contribution in [3.63, 3.8) is 0 Å². The van der Waals surface area contributed by atoms with Crippen molar-refractivity contribution in [1.82, 2.24) is 25.8 Å². The minimum atomic E-state index is -0.868. The summed E-state index contributed by atoms with van der Waals surface area (Å²) in [6.07, 6.45) is 7.76. The Kier molecular flexibility index (Phi) is 15.4. The van der Waals surface area contributed by atoms with Crippen LogP contribution in [0.4, 0.5) is 31.0 Å². The lowest BCUT2D eigenvalue weighted by Crippen LogP contribution is -2.57. The molecule has 3 heterocycles. The van der Waals surface area contributed by atoms with E-state index in [9.17, 15) is 28.8 Å². The number of carbonyl (C=O) groups excluding carboxylic acids is 6. The summed E-state index contributed by atoms with van der Waals surface area (Å²) in [6, 6.07) is 5.70. The van der Waals surface area contributed by atoms with Gasteiger partial charge in [0, 0.05) is 24.8 Å². The summed E-state index contributed by atoms with van der Waals surface area (Å²) in [5.74, 6) is -2.28. The molecule has 8 atom stereocenters. The number of hydrogen-bond acceptors (Lipinski definition) is 11. The minimum Gasteiger partial charge on any atom is -0.453 e. The number of nitrogens with zero attached hydrogens (tertiary/aromatic N) is 3. The maximum Gasteiger partial charge on any atom is 0.407 e. The lowest BCUT2D eigenvalue weighted by Gasteiger charge is -2.36. The first-order valence-electron chi connectivity index (χ1n) is 22.4. The van der Waals surface area contributed by atoms with Crippen LogP contribution in [0.3, 0.4) is 0 Å². The van der Waals surface area contributed by atoms with Crippen molar-refractivity contribution in [2.45, 2.75) is 121 Å². The predicted octanol–water partition coefficient (Wildman–Crippen LogP) is 4.42. The molecule has 4 aliphatic rings. The van der Waals surface area contributed by atoms with Crippen molar-refractivity contribution in [1.29, 1.82) is 0 Å². The lowest BCUT2D eigenvalue weighted by molar-refractivity contribution is -0.140.